The molecular weight excluding hydrogens is 364 g/mol. The van der Waals surface area contributed by atoms with Crippen LogP contribution in [0.1, 0.15) is 28.8 Å². The van der Waals surface area contributed by atoms with E-state index in [1.807, 2.05) is 24.3 Å². The van der Waals surface area contributed by atoms with Crippen LogP contribution in [0.2, 0.25) is 0 Å². The Hall–Kier alpha value is -3.92. The molecule has 29 heavy (non-hydrogen) atoms. The molecule has 0 bridgehead atoms. The molecule has 0 spiro atoms. The van der Waals surface area contributed by atoms with Gasteiger partial charge in [-0.1, -0.05) is 0 Å². The highest BCUT2D eigenvalue weighted by atomic mass is 16.1. The lowest BCUT2D eigenvalue weighted by atomic mass is 10.2. The zero-order chi connectivity index (χ0) is 20.1. The van der Waals surface area contributed by atoms with Crippen molar-refractivity contribution >= 4 is 28.9 Å². The van der Waals surface area contributed by atoms with Crippen molar-refractivity contribution in [3.8, 4) is 6.07 Å². The van der Waals surface area contributed by atoms with E-state index in [9.17, 15) is 4.79 Å². The predicted molar refractivity (Wildman–Crippen MR) is 112 cm³/mol. The molecule has 3 aromatic rings. The Morgan fingerprint density at radius 3 is 2.17 bits per heavy atom. The molecule has 2 N–H and O–H groups in total. The van der Waals surface area contributed by atoms with Crippen LogP contribution < -0.4 is 15.5 Å². The van der Waals surface area contributed by atoms with Gasteiger partial charge in [-0.3, -0.25) is 4.79 Å². The number of nitrogens with one attached hydrogen (secondary N) is 2. The molecule has 1 fully saturated rings. The van der Waals surface area contributed by atoms with Crippen LogP contribution >= 0.6 is 0 Å². The average molecular weight is 384 g/mol. The summed E-state index contributed by atoms with van der Waals surface area (Å²) in [6.45, 7) is 2.18. The summed E-state index contributed by atoms with van der Waals surface area (Å²) in [5.74, 6) is 0.116. The zero-order valence-corrected chi connectivity index (χ0v) is 15.8. The molecule has 4 rings (SSSR count). The monoisotopic (exact) mass is 384 g/mol. The highest BCUT2D eigenvalue weighted by Crippen LogP contribution is 2.22. The predicted octanol–water partition coefficient (Wildman–Crippen LogP) is 3.94. The lowest BCUT2D eigenvalue weighted by Gasteiger charge is -2.17. The molecule has 0 atom stereocenters. The third kappa shape index (κ3) is 4.50. The lowest BCUT2D eigenvalue weighted by molar-refractivity contribution is 0.102. The maximum Gasteiger partial charge on any atom is 0.258 e. The number of rotatable bonds is 5. The van der Waals surface area contributed by atoms with Gasteiger partial charge in [0.25, 0.3) is 5.91 Å². The molecule has 0 radical (unpaired) electrons. The van der Waals surface area contributed by atoms with Gasteiger partial charge in [-0.2, -0.15) is 5.26 Å². The average Bonchev–Trinajstić information content (AvgIpc) is 3.30. The molecule has 2 aromatic carbocycles. The molecular formula is C22H20N6O. The molecule has 144 valence electrons. The molecule has 1 saturated heterocycles. The fourth-order valence-electron chi connectivity index (χ4n) is 3.20. The van der Waals surface area contributed by atoms with Crippen molar-refractivity contribution in [2.45, 2.75) is 12.8 Å². The van der Waals surface area contributed by atoms with Gasteiger partial charge < -0.3 is 15.5 Å². The van der Waals surface area contributed by atoms with E-state index in [2.05, 4.69) is 31.6 Å². The van der Waals surface area contributed by atoms with Crippen LogP contribution in [0.3, 0.4) is 0 Å². The molecule has 0 unspecified atom stereocenters. The Labute approximate surface area is 169 Å². The number of anilines is 4. The lowest BCUT2D eigenvalue weighted by Crippen LogP contribution is -2.17. The number of aromatic nitrogens is 2. The highest BCUT2D eigenvalue weighted by molar-refractivity contribution is 6.04. The van der Waals surface area contributed by atoms with E-state index in [0.29, 0.717) is 17.1 Å². The van der Waals surface area contributed by atoms with Gasteiger partial charge in [0, 0.05) is 42.5 Å². The summed E-state index contributed by atoms with van der Waals surface area (Å²) in [5.41, 5.74) is 3.63. The van der Waals surface area contributed by atoms with Crippen molar-refractivity contribution < 1.29 is 4.79 Å². The van der Waals surface area contributed by atoms with E-state index in [1.54, 1.807) is 24.3 Å². The zero-order valence-electron chi connectivity index (χ0n) is 15.8. The Balaban J connectivity index is 1.36. The van der Waals surface area contributed by atoms with Crippen molar-refractivity contribution in [2.24, 2.45) is 0 Å². The van der Waals surface area contributed by atoms with Gasteiger partial charge in [-0.25, -0.2) is 9.97 Å². The maximum absolute atomic E-state index is 12.4. The Morgan fingerprint density at radius 1 is 0.931 bits per heavy atom. The number of hydrogen-bond acceptors (Lipinski definition) is 6. The third-order valence-electron chi connectivity index (χ3n) is 4.78. The van der Waals surface area contributed by atoms with Crippen molar-refractivity contribution in [3.63, 3.8) is 0 Å². The van der Waals surface area contributed by atoms with Crippen molar-refractivity contribution in [1.82, 2.24) is 9.97 Å². The smallest absolute Gasteiger partial charge is 0.258 e. The van der Waals surface area contributed by atoms with E-state index in [0.717, 1.165) is 24.5 Å². The SMILES string of the molecule is N#Cc1ccc(Nc2ncc(C(=O)Nc3ccc(N4CCCC4)cc3)cn2)cc1. The number of hydrogen-bond donors (Lipinski definition) is 2. The molecule has 1 aliphatic heterocycles. The summed E-state index contributed by atoms with van der Waals surface area (Å²) in [5, 5.41) is 14.7. The number of nitriles is 1. The molecule has 7 heteroatoms. The minimum atomic E-state index is -0.260. The highest BCUT2D eigenvalue weighted by Gasteiger charge is 2.13. The molecule has 2 heterocycles. The fourth-order valence-corrected chi connectivity index (χ4v) is 3.20. The van der Waals surface area contributed by atoms with E-state index < -0.39 is 0 Å². The van der Waals surface area contributed by atoms with Crippen LogP contribution in [0.5, 0.6) is 0 Å². The maximum atomic E-state index is 12.4. The van der Waals surface area contributed by atoms with Crippen LogP contribution in [0.25, 0.3) is 0 Å². The third-order valence-corrected chi connectivity index (χ3v) is 4.78. The Morgan fingerprint density at radius 2 is 1.55 bits per heavy atom. The van der Waals surface area contributed by atoms with Crippen LogP contribution in [0.15, 0.2) is 60.9 Å². The first-order valence-corrected chi connectivity index (χ1v) is 9.47. The number of nitrogens with zero attached hydrogens (tertiary/aromatic N) is 4. The van der Waals surface area contributed by atoms with Gasteiger partial charge in [-0.15, -0.1) is 0 Å². The number of carbonyl (C=O) groups excluding carboxylic acids is 1. The molecule has 1 amide bonds. The van der Waals surface area contributed by atoms with Crippen LogP contribution in [0.4, 0.5) is 23.0 Å². The first-order valence-electron chi connectivity index (χ1n) is 9.47. The topological polar surface area (TPSA) is 93.9 Å². The minimum Gasteiger partial charge on any atom is -0.372 e. The van der Waals surface area contributed by atoms with Gasteiger partial charge >= 0.3 is 0 Å². The van der Waals surface area contributed by atoms with Gasteiger partial charge in [-0.05, 0) is 61.4 Å². The van der Waals surface area contributed by atoms with Crippen molar-refractivity contribution in [3.05, 3.63) is 72.1 Å². The molecule has 1 aromatic heterocycles. The Bertz CT molecular complexity index is 1020. The molecule has 7 nitrogen and oxygen atoms in total. The van der Waals surface area contributed by atoms with Gasteiger partial charge in [0.05, 0.1) is 17.2 Å². The van der Waals surface area contributed by atoms with Crippen molar-refractivity contribution in [1.29, 1.82) is 5.26 Å². The summed E-state index contributed by atoms with van der Waals surface area (Å²) in [4.78, 5) is 23.2. The van der Waals surface area contributed by atoms with E-state index in [4.69, 9.17) is 5.26 Å². The standard InChI is InChI=1S/C22H20N6O/c23-13-16-3-5-19(6-4-16)27-22-24-14-17(15-25-22)21(29)26-18-7-9-20(10-8-18)28-11-1-2-12-28/h3-10,14-15H,1-2,11-12H2,(H,26,29)(H,24,25,27). The molecule has 0 aliphatic carbocycles. The summed E-state index contributed by atoms with van der Waals surface area (Å²) in [6, 6.07) is 16.9. The minimum absolute atomic E-state index is 0.260. The van der Waals surface area contributed by atoms with Crippen LogP contribution in [-0.4, -0.2) is 29.0 Å². The largest absolute Gasteiger partial charge is 0.372 e. The van der Waals surface area contributed by atoms with Gasteiger partial charge in [0.15, 0.2) is 0 Å². The number of benzene rings is 2. The summed E-state index contributed by atoms with van der Waals surface area (Å²) in [7, 11) is 0. The summed E-state index contributed by atoms with van der Waals surface area (Å²) in [6.07, 6.45) is 5.42. The number of amides is 1. The summed E-state index contributed by atoms with van der Waals surface area (Å²) >= 11 is 0. The van der Waals surface area contributed by atoms with Gasteiger partial charge in [0.1, 0.15) is 0 Å². The van der Waals surface area contributed by atoms with Crippen LogP contribution in [0, 0.1) is 11.3 Å². The summed E-state index contributed by atoms with van der Waals surface area (Å²) < 4.78 is 0. The second-order valence-electron chi connectivity index (χ2n) is 6.80. The first-order chi connectivity index (χ1) is 14.2. The van der Waals surface area contributed by atoms with Crippen molar-refractivity contribution in [2.75, 3.05) is 28.6 Å². The molecule has 0 saturated carbocycles. The fraction of sp³-hybridized carbons (Fsp3) is 0.182. The second-order valence-corrected chi connectivity index (χ2v) is 6.80. The second kappa shape index (κ2) is 8.40. The first kappa shape index (κ1) is 18.4. The normalized spacial score (nSPS) is 13.0. The molecule has 1 aliphatic rings. The number of carbonyl (C=O) groups is 1. The van der Waals surface area contributed by atoms with E-state index in [1.165, 1.54) is 30.9 Å². The Kier molecular flexibility index (Phi) is 5.34. The van der Waals surface area contributed by atoms with Crippen LogP contribution in [-0.2, 0) is 0 Å². The van der Waals surface area contributed by atoms with E-state index in [-0.39, 0.29) is 5.91 Å². The quantitative estimate of drug-likeness (QED) is 0.692. The van der Waals surface area contributed by atoms with Gasteiger partial charge in [0.2, 0.25) is 5.95 Å². The van der Waals surface area contributed by atoms with E-state index >= 15 is 0 Å².